The van der Waals surface area contributed by atoms with Crippen molar-refractivity contribution in [3.8, 4) is 0 Å². The van der Waals surface area contributed by atoms with Gasteiger partial charge in [-0.1, -0.05) is 11.6 Å². The lowest BCUT2D eigenvalue weighted by Gasteiger charge is -2.05. The summed E-state index contributed by atoms with van der Waals surface area (Å²) < 4.78 is 6.52. The van der Waals surface area contributed by atoms with Crippen LogP contribution in [0.4, 0.5) is 0 Å². The van der Waals surface area contributed by atoms with E-state index in [1.165, 1.54) is 18.0 Å². The fourth-order valence-electron chi connectivity index (χ4n) is 1.19. The summed E-state index contributed by atoms with van der Waals surface area (Å²) in [6.45, 7) is 1.05. The maximum atomic E-state index is 11.7. The molecule has 0 aromatic carbocycles. The molecule has 0 saturated heterocycles. The minimum Gasteiger partial charge on any atom is -0.383 e. The van der Waals surface area contributed by atoms with E-state index >= 15 is 0 Å². The van der Waals surface area contributed by atoms with Crippen molar-refractivity contribution in [2.45, 2.75) is 6.54 Å². The number of carbonyl (C=O) groups excluding carboxylic acids is 1. The van der Waals surface area contributed by atoms with Crippen molar-refractivity contribution >= 4 is 29.1 Å². The number of methoxy groups -OCH3 is 1. The molecule has 0 saturated carbocycles. The topological polar surface area (TPSA) is 44.1 Å². The smallest absolute Gasteiger partial charge is 0.192 e. The van der Waals surface area contributed by atoms with Crippen LogP contribution >= 0.6 is 23.4 Å². The van der Waals surface area contributed by atoms with E-state index in [9.17, 15) is 4.79 Å². The van der Waals surface area contributed by atoms with Crippen LogP contribution in [0.25, 0.3) is 0 Å². The average Bonchev–Trinajstić information content (AvgIpc) is 2.57. The van der Waals surface area contributed by atoms with Gasteiger partial charge < -0.3 is 4.74 Å². The molecule has 15 heavy (non-hydrogen) atoms. The minimum atomic E-state index is 0.00102. The Kier molecular flexibility index (Phi) is 5.14. The van der Waals surface area contributed by atoms with Crippen LogP contribution in [0.5, 0.6) is 0 Å². The van der Waals surface area contributed by atoms with Gasteiger partial charge in [0.25, 0.3) is 0 Å². The summed E-state index contributed by atoms with van der Waals surface area (Å²) in [6, 6.07) is 0. The first kappa shape index (κ1) is 12.5. The average molecular weight is 249 g/mol. The predicted octanol–water partition coefficient (Wildman–Crippen LogP) is 1.73. The highest BCUT2D eigenvalue weighted by molar-refractivity contribution is 7.99. The molecule has 0 radical (unpaired) electrons. The Balaban J connectivity index is 2.83. The van der Waals surface area contributed by atoms with Gasteiger partial charge in [-0.2, -0.15) is 16.9 Å². The summed E-state index contributed by atoms with van der Waals surface area (Å²) in [7, 11) is 1.61. The lowest BCUT2D eigenvalue weighted by Crippen LogP contribution is -2.15. The molecule has 1 rings (SSSR count). The van der Waals surface area contributed by atoms with Gasteiger partial charge in [0.05, 0.1) is 30.1 Å². The summed E-state index contributed by atoms with van der Waals surface area (Å²) in [6.07, 6.45) is 3.37. The van der Waals surface area contributed by atoms with Crippen molar-refractivity contribution in [3.05, 3.63) is 16.9 Å². The van der Waals surface area contributed by atoms with Gasteiger partial charge in [0, 0.05) is 7.11 Å². The minimum absolute atomic E-state index is 0.00102. The van der Waals surface area contributed by atoms with E-state index < -0.39 is 0 Å². The Morgan fingerprint density at radius 1 is 1.73 bits per heavy atom. The van der Waals surface area contributed by atoms with Gasteiger partial charge >= 0.3 is 0 Å². The van der Waals surface area contributed by atoms with E-state index in [1.54, 1.807) is 11.8 Å². The zero-order valence-corrected chi connectivity index (χ0v) is 10.3. The number of nitrogens with zero attached hydrogens (tertiary/aromatic N) is 2. The van der Waals surface area contributed by atoms with Gasteiger partial charge in [-0.15, -0.1) is 0 Å². The zero-order valence-electron chi connectivity index (χ0n) is 8.70. The highest BCUT2D eigenvalue weighted by Crippen LogP contribution is 2.17. The second kappa shape index (κ2) is 6.15. The predicted molar refractivity (Wildman–Crippen MR) is 61.8 cm³/mol. The van der Waals surface area contributed by atoms with Crippen LogP contribution in [-0.4, -0.2) is 41.3 Å². The fraction of sp³-hybridized carbons (Fsp3) is 0.556. The molecule has 0 fully saturated rings. The third-order valence-electron chi connectivity index (χ3n) is 1.84. The van der Waals surface area contributed by atoms with Gasteiger partial charge in [0.1, 0.15) is 5.69 Å². The maximum absolute atomic E-state index is 11.7. The number of hydrogen-bond donors (Lipinski definition) is 0. The number of ketones is 1. The lowest BCUT2D eigenvalue weighted by atomic mass is 10.3. The molecule has 84 valence electrons. The van der Waals surface area contributed by atoms with Crippen LogP contribution in [0.1, 0.15) is 10.5 Å². The van der Waals surface area contributed by atoms with E-state index in [-0.39, 0.29) is 5.78 Å². The molecular weight excluding hydrogens is 236 g/mol. The van der Waals surface area contributed by atoms with E-state index in [0.717, 1.165) is 0 Å². The molecule has 6 heteroatoms. The molecule has 0 N–H and O–H groups in total. The first-order valence-corrected chi connectivity index (χ1v) is 6.20. The summed E-state index contributed by atoms with van der Waals surface area (Å²) in [4.78, 5) is 11.7. The Labute approximate surface area is 97.9 Å². The molecule has 0 aliphatic carbocycles. The van der Waals surface area contributed by atoms with Crippen LogP contribution in [0.15, 0.2) is 6.20 Å². The van der Waals surface area contributed by atoms with Gasteiger partial charge in [-0.3, -0.25) is 9.48 Å². The molecule has 0 atom stereocenters. The third-order valence-corrected chi connectivity index (χ3v) is 2.67. The summed E-state index contributed by atoms with van der Waals surface area (Å²) in [5.41, 5.74) is 0.475. The Morgan fingerprint density at radius 2 is 2.47 bits per heavy atom. The number of Topliss-reactive ketones (excluding diaryl/α,β-unsaturated/α-hetero) is 1. The van der Waals surface area contributed by atoms with Gasteiger partial charge in [-0.05, 0) is 6.26 Å². The number of rotatable bonds is 6. The van der Waals surface area contributed by atoms with Crippen LogP contribution in [-0.2, 0) is 11.3 Å². The Hall–Kier alpha value is -0.520. The van der Waals surface area contributed by atoms with E-state index in [1.807, 2.05) is 6.26 Å². The molecule has 0 spiro atoms. The van der Waals surface area contributed by atoms with Crippen molar-refractivity contribution in [1.29, 1.82) is 0 Å². The van der Waals surface area contributed by atoms with Crippen molar-refractivity contribution < 1.29 is 9.53 Å². The SMILES string of the molecule is COCCn1ncc(Cl)c1C(=O)CSC. The summed E-state index contributed by atoms with van der Waals surface area (Å²) in [5, 5.41) is 4.44. The summed E-state index contributed by atoms with van der Waals surface area (Å²) >= 11 is 7.37. The Morgan fingerprint density at radius 3 is 3.07 bits per heavy atom. The van der Waals surface area contributed by atoms with Crippen molar-refractivity contribution in [2.24, 2.45) is 0 Å². The van der Waals surface area contributed by atoms with Crippen LogP contribution in [0.3, 0.4) is 0 Å². The molecule has 1 aromatic heterocycles. The molecule has 0 unspecified atom stereocenters. The number of hydrogen-bond acceptors (Lipinski definition) is 4. The molecule has 0 amide bonds. The molecule has 0 bridgehead atoms. The maximum Gasteiger partial charge on any atom is 0.192 e. The van der Waals surface area contributed by atoms with Gasteiger partial charge in [-0.25, -0.2) is 0 Å². The highest BCUT2D eigenvalue weighted by Gasteiger charge is 2.16. The fourth-order valence-corrected chi connectivity index (χ4v) is 1.83. The first-order valence-electron chi connectivity index (χ1n) is 4.43. The molecule has 1 heterocycles. The number of aromatic nitrogens is 2. The third kappa shape index (κ3) is 3.22. The monoisotopic (exact) mass is 248 g/mol. The zero-order chi connectivity index (χ0) is 11.3. The number of thioether (sulfide) groups is 1. The lowest BCUT2D eigenvalue weighted by molar-refractivity contribution is 0.100. The summed E-state index contributed by atoms with van der Waals surface area (Å²) in [5.74, 6) is 0.416. The number of halogens is 1. The second-order valence-corrected chi connectivity index (χ2v) is 4.19. The van der Waals surface area contributed by atoms with Crippen LogP contribution in [0, 0.1) is 0 Å². The second-order valence-electron chi connectivity index (χ2n) is 2.91. The molecule has 0 aliphatic rings. The highest BCUT2D eigenvalue weighted by atomic mass is 35.5. The largest absolute Gasteiger partial charge is 0.383 e. The van der Waals surface area contributed by atoms with Gasteiger partial charge in [0.2, 0.25) is 0 Å². The van der Waals surface area contributed by atoms with E-state index in [0.29, 0.717) is 29.6 Å². The van der Waals surface area contributed by atoms with Crippen molar-refractivity contribution in [1.82, 2.24) is 9.78 Å². The van der Waals surface area contributed by atoms with E-state index in [4.69, 9.17) is 16.3 Å². The van der Waals surface area contributed by atoms with Crippen LogP contribution < -0.4 is 0 Å². The number of carbonyl (C=O) groups is 1. The quantitative estimate of drug-likeness (QED) is 0.720. The van der Waals surface area contributed by atoms with E-state index in [2.05, 4.69) is 5.10 Å². The van der Waals surface area contributed by atoms with Crippen LogP contribution in [0.2, 0.25) is 5.02 Å². The Bertz CT molecular complexity index is 341. The normalized spacial score (nSPS) is 10.6. The molecule has 4 nitrogen and oxygen atoms in total. The molecule has 0 aliphatic heterocycles. The van der Waals surface area contributed by atoms with Crippen molar-refractivity contribution in [2.75, 3.05) is 25.7 Å². The first-order chi connectivity index (χ1) is 7.20. The molecular formula is C9H13ClN2O2S. The van der Waals surface area contributed by atoms with Crippen molar-refractivity contribution in [3.63, 3.8) is 0 Å². The standard InChI is InChI=1S/C9H13ClN2O2S/c1-14-4-3-12-9(7(10)5-11-12)8(13)6-15-2/h5H,3-4,6H2,1-2H3. The molecule has 1 aromatic rings. The van der Waals surface area contributed by atoms with Gasteiger partial charge in [0.15, 0.2) is 5.78 Å². The number of ether oxygens (including phenoxy) is 1.